The third-order valence-corrected chi connectivity index (χ3v) is 8.33. The fourth-order valence-electron chi connectivity index (χ4n) is 5.17. The summed E-state index contributed by atoms with van der Waals surface area (Å²) in [6.45, 7) is 0.322. The van der Waals surface area contributed by atoms with E-state index in [-0.39, 0.29) is 60.4 Å². The number of fused-ring (bicyclic) bond motifs is 5. The molecule has 178 valence electrons. The van der Waals surface area contributed by atoms with Crippen molar-refractivity contribution >= 4 is 39.7 Å². The van der Waals surface area contributed by atoms with Crippen LogP contribution in [0.1, 0.15) is 58.1 Å². The Labute approximate surface area is 195 Å². The van der Waals surface area contributed by atoms with Gasteiger partial charge in [-0.15, -0.1) is 12.4 Å². The fraction of sp³-hybridized carbons (Fsp3) is 0.455. The summed E-state index contributed by atoms with van der Waals surface area (Å²) in [7, 11) is -3.11. The van der Waals surface area contributed by atoms with Gasteiger partial charge in [0.15, 0.2) is 9.84 Å². The van der Waals surface area contributed by atoms with Crippen LogP contribution in [0.5, 0.6) is 0 Å². The Kier molecular flexibility index (Phi) is 6.11. The summed E-state index contributed by atoms with van der Waals surface area (Å²) in [5.74, 6) is 0.606. The van der Waals surface area contributed by atoms with Crippen LogP contribution >= 0.6 is 12.4 Å². The maximum absolute atomic E-state index is 13.2. The standard InChI is InChI=1S/C22H22F3N3O3S.ClH/c23-22(24,25)15-2-1-3-16(11-15)27-20-19-14-5-4-13(10-14)18(19)17(12-26-20)21(29)28-6-8-32(30,31)9-7-28;/h1-3,11-14H,4-10H2,(H,26,27);1H. The molecule has 0 radical (unpaired) electrons. The van der Waals surface area contributed by atoms with Crippen molar-refractivity contribution in [3.05, 3.63) is 52.7 Å². The number of sulfone groups is 1. The van der Waals surface area contributed by atoms with Gasteiger partial charge in [-0.25, -0.2) is 13.4 Å². The number of nitrogens with zero attached hydrogens (tertiary/aromatic N) is 2. The molecule has 2 bridgehead atoms. The highest BCUT2D eigenvalue weighted by Crippen LogP contribution is 2.56. The molecule has 6 nitrogen and oxygen atoms in total. The number of halogens is 4. The number of hydrogen-bond donors (Lipinski definition) is 1. The second kappa shape index (κ2) is 8.47. The van der Waals surface area contributed by atoms with E-state index >= 15 is 0 Å². The molecule has 5 rings (SSSR count). The first-order valence-electron chi connectivity index (χ1n) is 10.6. The van der Waals surface area contributed by atoms with E-state index in [0.717, 1.165) is 42.5 Å². The molecule has 1 aromatic heterocycles. The molecule has 1 aliphatic heterocycles. The predicted octanol–water partition coefficient (Wildman–Crippen LogP) is 4.50. The largest absolute Gasteiger partial charge is 0.416 e. The first-order valence-corrected chi connectivity index (χ1v) is 12.4. The molecule has 1 aromatic carbocycles. The first-order chi connectivity index (χ1) is 15.1. The molecule has 3 aliphatic rings. The molecular weight excluding hydrogens is 479 g/mol. The maximum Gasteiger partial charge on any atom is 0.416 e. The molecule has 11 heteroatoms. The highest BCUT2D eigenvalue weighted by molar-refractivity contribution is 7.91. The highest BCUT2D eigenvalue weighted by atomic mass is 35.5. The smallest absolute Gasteiger partial charge is 0.340 e. The van der Waals surface area contributed by atoms with E-state index in [4.69, 9.17) is 0 Å². The van der Waals surface area contributed by atoms with Crippen LogP contribution in [0.4, 0.5) is 24.7 Å². The molecule has 33 heavy (non-hydrogen) atoms. The van der Waals surface area contributed by atoms with E-state index in [1.165, 1.54) is 12.3 Å². The minimum atomic E-state index is -4.44. The average molecular weight is 502 g/mol. The number of anilines is 2. The molecule has 2 atom stereocenters. The van der Waals surface area contributed by atoms with Gasteiger partial charge in [-0.2, -0.15) is 13.2 Å². The molecule has 1 N–H and O–H groups in total. The topological polar surface area (TPSA) is 79.4 Å². The van der Waals surface area contributed by atoms with Crippen molar-refractivity contribution in [2.75, 3.05) is 29.9 Å². The van der Waals surface area contributed by atoms with Crippen LogP contribution in [-0.4, -0.2) is 48.8 Å². The molecule has 0 spiro atoms. The number of amides is 1. The number of pyridine rings is 1. The van der Waals surface area contributed by atoms with Crippen LogP contribution in [-0.2, 0) is 16.0 Å². The summed E-state index contributed by atoms with van der Waals surface area (Å²) in [6.07, 6.45) is -0.145. The van der Waals surface area contributed by atoms with Gasteiger partial charge < -0.3 is 10.2 Å². The third kappa shape index (κ3) is 4.42. The second-order valence-corrected chi connectivity index (χ2v) is 11.0. The minimum Gasteiger partial charge on any atom is -0.340 e. The van der Waals surface area contributed by atoms with E-state index < -0.39 is 21.6 Å². The van der Waals surface area contributed by atoms with E-state index in [2.05, 4.69) is 10.3 Å². The van der Waals surface area contributed by atoms with E-state index in [1.807, 2.05) is 0 Å². The minimum absolute atomic E-state index is 0. The van der Waals surface area contributed by atoms with Gasteiger partial charge in [-0.05, 0) is 54.9 Å². The predicted molar refractivity (Wildman–Crippen MR) is 120 cm³/mol. The van der Waals surface area contributed by atoms with Crippen molar-refractivity contribution in [1.82, 2.24) is 9.88 Å². The van der Waals surface area contributed by atoms with Crippen LogP contribution in [0.15, 0.2) is 30.5 Å². The van der Waals surface area contributed by atoms with Gasteiger partial charge in [0.25, 0.3) is 5.91 Å². The molecule has 1 saturated carbocycles. The van der Waals surface area contributed by atoms with Crippen molar-refractivity contribution in [3.63, 3.8) is 0 Å². The van der Waals surface area contributed by atoms with E-state index in [9.17, 15) is 26.4 Å². The van der Waals surface area contributed by atoms with Crippen molar-refractivity contribution < 1.29 is 26.4 Å². The zero-order valence-electron chi connectivity index (χ0n) is 17.6. The summed E-state index contributed by atoms with van der Waals surface area (Å²) < 4.78 is 62.7. The van der Waals surface area contributed by atoms with Crippen LogP contribution in [0, 0.1) is 0 Å². The SMILES string of the molecule is Cl.O=C(c1cnc(Nc2cccc(C(F)(F)F)c2)c2c1C1CCC2C1)N1CCS(=O)(=O)CC1. The number of aromatic nitrogens is 1. The average Bonchev–Trinajstić information content (AvgIpc) is 3.36. The van der Waals surface area contributed by atoms with Crippen LogP contribution in [0.3, 0.4) is 0 Å². The quantitative estimate of drug-likeness (QED) is 0.670. The Morgan fingerprint density at radius 1 is 1.09 bits per heavy atom. The van der Waals surface area contributed by atoms with Crippen molar-refractivity contribution in [2.45, 2.75) is 37.3 Å². The fourth-order valence-corrected chi connectivity index (χ4v) is 6.37. The van der Waals surface area contributed by atoms with Crippen LogP contribution in [0.25, 0.3) is 0 Å². The summed E-state index contributed by atoms with van der Waals surface area (Å²) in [4.78, 5) is 19.2. The Hall–Kier alpha value is -2.33. The Morgan fingerprint density at radius 2 is 1.76 bits per heavy atom. The lowest BCUT2D eigenvalue weighted by Gasteiger charge is -2.29. The monoisotopic (exact) mass is 501 g/mol. The summed E-state index contributed by atoms with van der Waals surface area (Å²) in [5.41, 5.74) is 1.87. The van der Waals surface area contributed by atoms with Gasteiger partial charge in [0.05, 0.1) is 22.6 Å². The third-order valence-electron chi connectivity index (χ3n) is 6.72. The number of carbonyl (C=O) groups excluding carboxylic acids is 1. The lowest BCUT2D eigenvalue weighted by Crippen LogP contribution is -2.44. The van der Waals surface area contributed by atoms with Crippen molar-refractivity contribution in [2.24, 2.45) is 0 Å². The molecule has 1 saturated heterocycles. The normalized spacial score (nSPS) is 23.1. The Morgan fingerprint density at radius 3 is 2.42 bits per heavy atom. The van der Waals surface area contributed by atoms with Crippen LogP contribution in [0.2, 0.25) is 0 Å². The van der Waals surface area contributed by atoms with Gasteiger partial charge in [0.2, 0.25) is 0 Å². The van der Waals surface area contributed by atoms with Gasteiger partial charge >= 0.3 is 6.18 Å². The van der Waals surface area contributed by atoms with Crippen LogP contribution < -0.4 is 5.32 Å². The molecule has 2 aliphatic carbocycles. The Balaban J connectivity index is 0.00000259. The van der Waals surface area contributed by atoms with Crippen molar-refractivity contribution in [3.8, 4) is 0 Å². The number of benzene rings is 1. The van der Waals surface area contributed by atoms with E-state index in [1.54, 1.807) is 11.0 Å². The number of hydrogen-bond acceptors (Lipinski definition) is 5. The van der Waals surface area contributed by atoms with Gasteiger partial charge in [-0.1, -0.05) is 6.07 Å². The maximum atomic E-state index is 13.2. The zero-order chi connectivity index (χ0) is 22.7. The molecule has 2 aromatic rings. The molecule has 2 fully saturated rings. The number of carbonyl (C=O) groups is 1. The van der Waals surface area contributed by atoms with Gasteiger partial charge in [-0.3, -0.25) is 4.79 Å². The van der Waals surface area contributed by atoms with Crippen molar-refractivity contribution in [1.29, 1.82) is 0 Å². The zero-order valence-corrected chi connectivity index (χ0v) is 19.2. The lowest BCUT2D eigenvalue weighted by molar-refractivity contribution is -0.137. The van der Waals surface area contributed by atoms with Gasteiger partial charge in [0.1, 0.15) is 5.82 Å². The number of nitrogens with one attached hydrogen (secondary N) is 1. The first kappa shape index (κ1) is 23.8. The summed E-state index contributed by atoms with van der Waals surface area (Å²) in [5, 5.41) is 3.04. The second-order valence-electron chi connectivity index (χ2n) is 8.70. The van der Waals surface area contributed by atoms with E-state index in [0.29, 0.717) is 11.4 Å². The molecule has 2 unspecified atom stereocenters. The number of rotatable bonds is 3. The summed E-state index contributed by atoms with van der Waals surface area (Å²) in [6, 6.07) is 4.98. The highest BCUT2D eigenvalue weighted by Gasteiger charge is 2.42. The van der Waals surface area contributed by atoms with Gasteiger partial charge in [0, 0.05) is 30.5 Å². The molecule has 2 heterocycles. The Bertz CT molecular complexity index is 1190. The molecule has 1 amide bonds. The molecular formula is C22H23ClF3N3O3S. The lowest BCUT2D eigenvalue weighted by atomic mass is 9.88. The summed E-state index contributed by atoms with van der Waals surface area (Å²) >= 11 is 0. The number of alkyl halides is 3.